The Morgan fingerprint density at radius 1 is 1.44 bits per heavy atom. The zero-order chi connectivity index (χ0) is 13.1. The van der Waals surface area contributed by atoms with Crippen LogP contribution < -0.4 is 15.8 Å². The highest BCUT2D eigenvalue weighted by atomic mass is 16.5. The number of aryl methyl sites for hydroxylation is 1. The molecule has 0 saturated heterocycles. The maximum atomic E-state index is 12.1. The Morgan fingerprint density at radius 3 is 2.83 bits per heavy atom. The van der Waals surface area contributed by atoms with Crippen LogP contribution in [0.2, 0.25) is 0 Å². The van der Waals surface area contributed by atoms with Gasteiger partial charge >= 0.3 is 0 Å². The van der Waals surface area contributed by atoms with E-state index in [-0.39, 0.29) is 5.91 Å². The number of carbonyl (C=O) groups excluding carboxylic acids is 1. The Balaban J connectivity index is 2.30. The van der Waals surface area contributed by atoms with Crippen molar-refractivity contribution in [2.45, 2.75) is 0 Å². The van der Waals surface area contributed by atoms with Crippen molar-refractivity contribution in [3.8, 4) is 5.75 Å². The van der Waals surface area contributed by atoms with Crippen molar-refractivity contribution in [2.75, 3.05) is 18.2 Å². The standard InChI is InChI=1S/C12H14N4O2/c1-16-10(6-7-14-16)15-12(17)8-4-3-5-9(13)11(8)18-2/h3-7H,13H2,1-2H3,(H,15,17). The fourth-order valence-electron chi connectivity index (χ4n) is 1.64. The molecule has 3 N–H and O–H groups in total. The number of aromatic nitrogens is 2. The predicted octanol–water partition coefficient (Wildman–Crippen LogP) is 1.26. The third kappa shape index (κ3) is 2.13. The third-order valence-corrected chi connectivity index (χ3v) is 2.56. The van der Waals surface area contributed by atoms with Gasteiger partial charge in [-0.2, -0.15) is 5.10 Å². The van der Waals surface area contributed by atoms with Gasteiger partial charge in [0.2, 0.25) is 0 Å². The quantitative estimate of drug-likeness (QED) is 0.799. The van der Waals surface area contributed by atoms with Crippen molar-refractivity contribution in [1.82, 2.24) is 9.78 Å². The van der Waals surface area contributed by atoms with Crippen LogP contribution in [0.15, 0.2) is 30.5 Å². The molecule has 6 heteroatoms. The second kappa shape index (κ2) is 4.79. The van der Waals surface area contributed by atoms with Crippen LogP contribution in [-0.4, -0.2) is 22.8 Å². The summed E-state index contributed by atoms with van der Waals surface area (Å²) in [6.45, 7) is 0. The lowest BCUT2D eigenvalue weighted by molar-refractivity contribution is 0.102. The average molecular weight is 246 g/mol. The summed E-state index contributed by atoms with van der Waals surface area (Å²) >= 11 is 0. The molecule has 0 radical (unpaired) electrons. The van der Waals surface area contributed by atoms with Crippen LogP contribution in [0.4, 0.5) is 11.5 Å². The van der Waals surface area contributed by atoms with Crippen LogP contribution in [0.25, 0.3) is 0 Å². The van der Waals surface area contributed by atoms with E-state index in [1.54, 1.807) is 42.2 Å². The summed E-state index contributed by atoms with van der Waals surface area (Å²) in [7, 11) is 3.22. The van der Waals surface area contributed by atoms with Crippen molar-refractivity contribution in [2.24, 2.45) is 7.05 Å². The maximum Gasteiger partial charge on any atom is 0.260 e. The van der Waals surface area contributed by atoms with Gasteiger partial charge in [-0.3, -0.25) is 9.48 Å². The molecule has 0 aliphatic carbocycles. The van der Waals surface area contributed by atoms with E-state index in [2.05, 4.69) is 10.4 Å². The molecule has 1 amide bonds. The van der Waals surface area contributed by atoms with Gasteiger partial charge in [-0.25, -0.2) is 0 Å². The Kier molecular flexibility index (Phi) is 3.18. The zero-order valence-electron chi connectivity index (χ0n) is 10.2. The summed E-state index contributed by atoms with van der Waals surface area (Å²) in [5.74, 6) is 0.685. The van der Waals surface area contributed by atoms with E-state index in [0.717, 1.165) is 0 Å². The van der Waals surface area contributed by atoms with Crippen LogP contribution >= 0.6 is 0 Å². The van der Waals surface area contributed by atoms with E-state index in [4.69, 9.17) is 10.5 Å². The number of nitrogens with two attached hydrogens (primary N) is 1. The number of hydrogen-bond donors (Lipinski definition) is 2. The molecule has 1 heterocycles. The van der Waals surface area contributed by atoms with Crippen LogP contribution in [-0.2, 0) is 7.05 Å². The number of nitrogen functional groups attached to an aromatic ring is 1. The van der Waals surface area contributed by atoms with Crippen LogP contribution in [0.5, 0.6) is 5.75 Å². The normalized spacial score (nSPS) is 10.1. The molecule has 2 rings (SSSR count). The summed E-state index contributed by atoms with van der Waals surface area (Å²) < 4.78 is 6.70. The molecular formula is C12H14N4O2. The monoisotopic (exact) mass is 246 g/mol. The second-order valence-electron chi connectivity index (χ2n) is 3.72. The van der Waals surface area contributed by atoms with Gasteiger partial charge in [-0.15, -0.1) is 0 Å². The molecule has 0 spiro atoms. The molecule has 18 heavy (non-hydrogen) atoms. The van der Waals surface area contributed by atoms with E-state index >= 15 is 0 Å². The molecule has 0 bridgehead atoms. The number of nitrogens with zero attached hydrogens (tertiary/aromatic N) is 2. The molecule has 6 nitrogen and oxygen atoms in total. The molecule has 0 aliphatic heterocycles. The fraction of sp³-hybridized carbons (Fsp3) is 0.167. The highest BCUT2D eigenvalue weighted by molar-refractivity contribution is 6.06. The number of carbonyl (C=O) groups is 1. The molecule has 0 aliphatic rings. The number of para-hydroxylation sites is 1. The van der Waals surface area contributed by atoms with Gasteiger partial charge in [0, 0.05) is 13.1 Å². The van der Waals surface area contributed by atoms with Gasteiger partial charge in [0.05, 0.1) is 24.6 Å². The average Bonchev–Trinajstić information content (AvgIpc) is 2.74. The number of rotatable bonds is 3. The molecule has 0 unspecified atom stereocenters. The van der Waals surface area contributed by atoms with E-state index < -0.39 is 0 Å². The number of anilines is 2. The van der Waals surface area contributed by atoms with Gasteiger partial charge in [0.1, 0.15) is 5.82 Å². The van der Waals surface area contributed by atoms with Gasteiger partial charge in [0.25, 0.3) is 5.91 Å². The van der Waals surface area contributed by atoms with Crippen molar-refractivity contribution in [3.63, 3.8) is 0 Å². The fourth-order valence-corrected chi connectivity index (χ4v) is 1.64. The first-order valence-electron chi connectivity index (χ1n) is 5.35. The number of amides is 1. The Hall–Kier alpha value is -2.50. The first kappa shape index (κ1) is 12.0. The minimum atomic E-state index is -0.289. The lowest BCUT2D eigenvalue weighted by Crippen LogP contribution is -2.16. The second-order valence-corrected chi connectivity index (χ2v) is 3.72. The third-order valence-electron chi connectivity index (χ3n) is 2.56. The smallest absolute Gasteiger partial charge is 0.260 e. The Bertz CT molecular complexity index is 577. The minimum absolute atomic E-state index is 0.289. The lowest BCUT2D eigenvalue weighted by Gasteiger charge is -2.11. The SMILES string of the molecule is COc1c(N)cccc1C(=O)Nc1ccnn1C. The van der Waals surface area contributed by atoms with Crippen LogP contribution in [0.3, 0.4) is 0 Å². The summed E-state index contributed by atoms with van der Waals surface area (Å²) in [6.07, 6.45) is 1.60. The van der Waals surface area contributed by atoms with Crippen molar-refractivity contribution < 1.29 is 9.53 Å². The van der Waals surface area contributed by atoms with Gasteiger partial charge in [0.15, 0.2) is 5.75 Å². The van der Waals surface area contributed by atoms with Gasteiger partial charge in [-0.1, -0.05) is 6.07 Å². The van der Waals surface area contributed by atoms with Crippen LogP contribution in [0, 0.1) is 0 Å². The van der Waals surface area contributed by atoms with Gasteiger partial charge < -0.3 is 15.8 Å². The molecule has 2 aromatic rings. The first-order chi connectivity index (χ1) is 8.63. The topological polar surface area (TPSA) is 82.2 Å². The number of hydrogen-bond acceptors (Lipinski definition) is 4. The van der Waals surface area contributed by atoms with Crippen molar-refractivity contribution >= 4 is 17.4 Å². The van der Waals surface area contributed by atoms with Crippen molar-refractivity contribution in [1.29, 1.82) is 0 Å². The van der Waals surface area contributed by atoms with Gasteiger partial charge in [-0.05, 0) is 12.1 Å². The summed E-state index contributed by atoms with van der Waals surface area (Å²) in [6, 6.07) is 6.74. The highest BCUT2D eigenvalue weighted by Crippen LogP contribution is 2.26. The number of nitrogens with one attached hydrogen (secondary N) is 1. The number of benzene rings is 1. The van der Waals surface area contributed by atoms with Crippen molar-refractivity contribution in [3.05, 3.63) is 36.0 Å². The molecule has 0 saturated carbocycles. The lowest BCUT2D eigenvalue weighted by atomic mass is 10.1. The summed E-state index contributed by atoms with van der Waals surface area (Å²) in [4.78, 5) is 12.1. The minimum Gasteiger partial charge on any atom is -0.494 e. The largest absolute Gasteiger partial charge is 0.494 e. The molecule has 0 fully saturated rings. The number of methoxy groups -OCH3 is 1. The Labute approximate surface area is 104 Å². The molecule has 1 aromatic heterocycles. The Morgan fingerprint density at radius 2 is 2.22 bits per heavy atom. The van der Waals surface area contributed by atoms with Crippen LogP contribution in [0.1, 0.15) is 10.4 Å². The van der Waals surface area contributed by atoms with E-state index in [0.29, 0.717) is 22.8 Å². The molecule has 0 atom stereocenters. The maximum absolute atomic E-state index is 12.1. The first-order valence-corrected chi connectivity index (χ1v) is 5.35. The molecule has 1 aromatic carbocycles. The highest BCUT2D eigenvalue weighted by Gasteiger charge is 2.15. The zero-order valence-corrected chi connectivity index (χ0v) is 10.2. The van der Waals surface area contributed by atoms with E-state index in [1.807, 2.05) is 0 Å². The number of ether oxygens (including phenoxy) is 1. The molecular weight excluding hydrogens is 232 g/mol. The van der Waals surface area contributed by atoms with E-state index in [1.165, 1.54) is 7.11 Å². The summed E-state index contributed by atoms with van der Waals surface area (Å²) in [5, 5.41) is 6.70. The predicted molar refractivity (Wildman–Crippen MR) is 68.6 cm³/mol. The van der Waals surface area contributed by atoms with E-state index in [9.17, 15) is 4.79 Å². The summed E-state index contributed by atoms with van der Waals surface area (Å²) in [5.41, 5.74) is 6.56. The molecule has 94 valence electrons.